The molecule has 0 aromatic rings. The smallest absolute Gasteiger partial charge is 0.246 e. The number of hydrogen-bond donors (Lipinski definition) is 0. The maximum atomic E-state index is 12.7. The van der Waals surface area contributed by atoms with Crippen LogP contribution in [-0.2, 0) is 9.59 Å². The van der Waals surface area contributed by atoms with Gasteiger partial charge in [0.1, 0.15) is 0 Å². The molecule has 0 N–H and O–H groups in total. The Balaban J connectivity index is 2.56. The lowest BCUT2D eigenvalue weighted by molar-refractivity contribution is -0.134. The van der Waals surface area contributed by atoms with Crippen LogP contribution in [0.25, 0.3) is 0 Å². The molecule has 0 bridgehead atoms. The van der Waals surface area contributed by atoms with E-state index in [0.717, 1.165) is 6.08 Å². The third kappa shape index (κ3) is 1.69. The molecule has 1 heterocycles. The minimum Gasteiger partial charge on any atom is -0.335 e. The predicted octanol–water partition coefficient (Wildman–Crippen LogP) is 0.312. The largest absolute Gasteiger partial charge is 0.335 e. The van der Waals surface area contributed by atoms with Crippen LogP contribution in [0.5, 0.6) is 0 Å². The quantitative estimate of drug-likeness (QED) is 0.532. The number of hydrogen-bond acceptors (Lipinski definition) is 2. The van der Waals surface area contributed by atoms with Gasteiger partial charge in [0.15, 0.2) is 12.0 Å². The Labute approximate surface area is 69.8 Å². The molecule has 3 nitrogen and oxygen atoms in total. The number of nitrogens with zero attached hydrogens (tertiary/aromatic N) is 1. The molecule has 0 saturated carbocycles. The van der Waals surface area contributed by atoms with Crippen molar-refractivity contribution in [2.24, 2.45) is 0 Å². The summed E-state index contributed by atoms with van der Waals surface area (Å²) in [6, 6.07) is 0. The first-order valence-electron chi connectivity index (χ1n) is 3.73. The average Bonchev–Trinajstić information content (AvgIpc) is 2.08. The maximum absolute atomic E-state index is 12.7. The first kappa shape index (κ1) is 8.90. The highest BCUT2D eigenvalue weighted by atomic mass is 19.1. The van der Waals surface area contributed by atoms with E-state index in [1.165, 1.54) is 4.90 Å². The van der Waals surface area contributed by atoms with Gasteiger partial charge in [-0.15, -0.1) is 0 Å². The lowest BCUT2D eigenvalue weighted by atomic mass is 10.1. The van der Waals surface area contributed by atoms with Crippen molar-refractivity contribution in [2.45, 2.75) is 12.6 Å². The molecule has 0 aromatic heterocycles. The zero-order chi connectivity index (χ0) is 9.14. The summed E-state index contributed by atoms with van der Waals surface area (Å²) in [6.45, 7) is 3.47. The van der Waals surface area contributed by atoms with Gasteiger partial charge in [-0.2, -0.15) is 0 Å². The van der Waals surface area contributed by atoms with Crippen molar-refractivity contribution in [3.8, 4) is 0 Å². The molecule has 1 fully saturated rings. The van der Waals surface area contributed by atoms with E-state index in [-0.39, 0.29) is 18.9 Å². The van der Waals surface area contributed by atoms with Crippen LogP contribution < -0.4 is 0 Å². The number of rotatable bonds is 1. The van der Waals surface area contributed by atoms with E-state index in [9.17, 15) is 14.0 Å². The Morgan fingerprint density at radius 2 is 2.42 bits per heavy atom. The number of alkyl halides is 1. The number of amides is 1. The summed E-state index contributed by atoms with van der Waals surface area (Å²) in [6.07, 6.45) is -0.272. The van der Waals surface area contributed by atoms with Crippen LogP contribution in [0.3, 0.4) is 0 Å². The zero-order valence-electron chi connectivity index (χ0n) is 6.62. The monoisotopic (exact) mass is 171 g/mol. The third-order valence-corrected chi connectivity index (χ3v) is 1.84. The molecule has 1 aliphatic heterocycles. The Morgan fingerprint density at radius 3 is 2.92 bits per heavy atom. The summed E-state index contributed by atoms with van der Waals surface area (Å²) in [5.74, 6) is -0.728. The van der Waals surface area contributed by atoms with Crippen LogP contribution in [0.1, 0.15) is 6.42 Å². The molecule has 0 aromatic carbocycles. The Hall–Kier alpha value is -1.19. The van der Waals surface area contributed by atoms with Gasteiger partial charge in [0.2, 0.25) is 5.91 Å². The number of carbonyl (C=O) groups is 2. The normalized spacial score (nSPS) is 23.9. The molecule has 4 heteroatoms. The molecule has 1 atom stereocenters. The summed E-state index contributed by atoms with van der Waals surface area (Å²) in [5, 5.41) is 0. The molecule has 66 valence electrons. The Morgan fingerprint density at radius 1 is 1.75 bits per heavy atom. The predicted molar refractivity (Wildman–Crippen MR) is 41.3 cm³/mol. The number of piperidine rings is 1. The van der Waals surface area contributed by atoms with Gasteiger partial charge in [0.05, 0.1) is 6.54 Å². The second kappa shape index (κ2) is 3.47. The van der Waals surface area contributed by atoms with E-state index >= 15 is 0 Å². The van der Waals surface area contributed by atoms with Crippen molar-refractivity contribution in [2.75, 3.05) is 13.1 Å². The van der Waals surface area contributed by atoms with Gasteiger partial charge in [-0.1, -0.05) is 6.58 Å². The first-order valence-corrected chi connectivity index (χ1v) is 3.73. The zero-order valence-corrected chi connectivity index (χ0v) is 6.62. The van der Waals surface area contributed by atoms with Crippen LogP contribution >= 0.6 is 0 Å². The fourth-order valence-electron chi connectivity index (χ4n) is 1.12. The maximum Gasteiger partial charge on any atom is 0.246 e. The third-order valence-electron chi connectivity index (χ3n) is 1.84. The molecule has 0 spiro atoms. The van der Waals surface area contributed by atoms with Crippen molar-refractivity contribution in [3.05, 3.63) is 12.7 Å². The molecular weight excluding hydrogens is 161 g/mol. The van der Waals surface area contributed by atoms with E-state index in [1.807, 2.05) is 0 Å². The minimum atomic E-state index is -1.51. The summed E-state index contributed by atoms with van der Waals surface area (Å²) >= 11 is 0. The van der Waals surface area contributed by atoms with Gasteiger partial charge in [-0.25, -0.2) is 4.39 Å². The molecule has 1 aliphatic rings. The van der Waals surface area contributed by atoms with Crippen molar-refractivity contribution in [1.29, 1.82) is 0 Å². The van der Waals surface area contributed by atoms with Crippen molar-refractivity contribution in [3.63, 3.8) is 0 Å². The number of halogens is 1. The van der Waals surface area contributed by atoms with Crippen molar-refractivity contribution < 1.29 is 14.0 Å². The van der Waals surface area contributed by atoms with E-state index in [0.29, 0.717) is 6.54 Å². The number of carbonyl (C=O) groups excluding carboxylic acids is 2. The number of likely N-dealkylation sites (tertiary alicyclic amines) is 1. The van der Waals surface area contributed by atoms with Crippen LogP contribution in [0.2, 0.25) is 0 Å². The summed E-state index contributed by atoms with van der Waals surface area (Å²) in [4.78, 5) is 23.0. The van der Waals surface area contributed by atoms with E-state index in [2.05, 4.69) is 6.58 Å². The Bertz CT molecular complexity index is 227. The van der Waals surface area contributed by atoms with Crippen LogP contribution in [0.4, 0.5) is 4.39 Å². The van der Waals surface area contributed by atoms with Crippen molar-refractivity contribution >= 4 is 11.7 Å². The summed E-state index contributed by atoms with van der Waals surface area (Å²) in [5.41, 5.74) is 0. The summed E-state index contributed by atoms with van der Waals surface area (Å²) in [7, 11) is 0. The van der Waals surface area contributed by atoms with E-state index in [4.69, 9.17) is 0 Å². The molecule has 1 saturated heterocycles. The lowest BCUT2D eigenvalue weighted by Crippen LogP contribution is -2.44. The topological polar surface area (TPSA) is 37.4 Å². The Kier molecular flexibility index (Phi) is 2.58. The highest BCUT2D eigenvalue weighted by molar-refractivity contribution is 5.90. The lowest BCUT2D eigenvalue weighted by Gasteiger charge is -2.26. The second-order valence-electron chi connectivity index (χ2n) is 2.67. The minimum absolute atomic E-state index is 0.112. The van der Waals surface area contributed by atoms with Gasteiger partial charge >= 0.3 is 0 Å². The standard InChI is InChI=1S/C8H10FNO2/c1-2-8(12)10-4-3-7(11)6(9)5-10/h2,6H,1,3-5H2/t6-/m0/s1. The second-order valence-corrected chi connectivity index (χ2v) is 2.67. The molecular formula is C8H10FNO2. The SMILES string of the molecule is C=CC(=O)N1CCC(=O)[C@@H](F)C1. The number of ketones is 1. The highest BCUT2D eigenvalue weighted by Crippen LogP contribution is 2.09. The van der Waals surface area contributed by atoms with Gasteiger partial charge < -0.3 is 4.90 Å². The fraction of sp³-hybridized carbons (Fsp3) is 0.500. The van der Waals surface area contributed by atoms with Crippen molar-refractivity contribution in [1.82, 2.24) is 4.90 Å². The molecule has 1 rings (SSSR count). The number of Topliss-reactive ketones (excluding diaryl/α,β-unsaturated/α-hetero) is 1. The average molecular weight is 171 g/mol. The fourth-order valence-corrected chi connectivity index (χ4v) is 1.12. The molecule has 0 aliphatic carbocycles. The van der Waals surface area contributed by atoms with Gasteiger partial charge in [-0.3, -0.25) is 9.59 Å². The molecule has 0 radical (unpaired) electrons. The van der Waals surface area contributed by atoms with Crippen LogP contribution in [0, 0.1) is 0 Å². The summed E-state index contributed by atoms with van der Waals surface area (Å²) < 4.78 is 12.7. The van der Waals surface area contributed by atoms with E-state index < -0.39 is 12.0 Å². The first-order chi connectivity index (χ1) is 5.65. The molecule has 0 unspecified atom stereocenters. The van der Waals surface area contributed by atoms with Crippen LogP contribution in [-0.4, -0.2) is 35.9 Å². The van der Waals surface area contributed by atoms with Gasteiger partial charge in [-0.05, 0) is 6.08 Å². The molecule has 1 amide bonds. The molecule has 12 heavy (non-hydrogen) atoms. The van der Waals surface area contributed by atoms with E-state index in [1.54, 1.807) is 0 Å². The van der Waals surface area contributed by atoms with Gasteiger partial charge in [0, 0.05) is 13.0 Å². The van der Waals surface area contributed by atoms with Crippen LogP contribution in [0.15, 0.2) is 12.7 Å². The highest BCUT2D eigenvalue weighted by Gasteiger charge is 2.28. The van der Waals surface area contributed by atoms with Gasteiger partial charge in [0.25, 0.3) is 0 Å².